The van der Waals surface area contributed by atoms with Gasteiger partial charge in [-0.15, -0.1) is 0 Å². The number of carbonyl (C=O) groups is 2. The first-order valence-corrected chi connectivity index (χ1v) is 6.83. The van der Waals surface area contributed by atoms with Crippen molar-refractivity contribution in [3.8, 4) is 0 Å². The van der Waals surface area contributed by atoms with Gasteiger partial charge in [0.15, 0.2) is 6.61 Å². The third-order valence-corrected chi connectivity index (χ3v) is 3.00. The summed E-state index contributed by atoms with van der Waals surface area (Å²) in [7, 11) is 0. The number of benzene rings is 2. The van der Waals surface area contributed by atoms with Gasteiger partial charge in [-0.25, -0.2) is 4.79 Å². The van der Waals surface area contributed by atoms with Gasteiger partial charge in [0, 0.05) is 23.9 Å². The number of hydrogen-bond acceptors (Lipinski definition) is 7. The molecule has 1 N–H and O–H groups in total. The molecule has 0 unspecified atom stereocenters. The van der Waals surface area contributed by atoms with Gasteiger partial charge < -0.3 is 10.1 Å². The van der Waals surface area contributed by atoms with Gasteiger partial charge in [-0.2, -0.15) is 0 Å². The molecule has 2 aromatic rings. The third kappa shape index (κ3) is 4.58. The molecule has 0 saturated carbocycles. The Hall–Kier alpha value is -3.82. The molecule has 0 fully saturated rings. The average molecular weight is 345 g/mol. The number of para-hydroxylation sites is 1. The zero-order chi connectivity index (χ0) is 18.4. The summed E-state index contributed by atoms with van der Waals surface area (Å²) in [5, 5.41) is 23.8. The summed E-state index contributed by atoms with van der Waals surface area (Å²) in [5.74, 6) is -1.77. The molecule has 2 aromatic carbocycles. The molecule has 0 saturated heterocycles. The summed E-state index contributed by atoms with van der Waals surface area (Å²) in [6.07, 6.45) is 0. The van der Waals surface area contributed by atoms with Crippen molar-refractivity contribution in [2.75, 3.05) is 11.9 Å². The summed E-state index contributed by atoms with van der Waals surface area (Å²) in [6.45, 7) is -0.701. The van der Waals surface area contributed by atoms with Crippen LogP contribution >= 0.6 is 0 Å². The Bertz CT molecular complexity index is 851. The van der Waals surface area contributed by atoms with Crippen molar-refractivity contribution in [3.05, 3.63) is 74.3 Å². The predicted molar refractivity (Wildman–Crippen MR) is 85.1 cm³/mol. The summed E-state index contributed by atoms with van der Waals surface area (Å²) < 4.78 is 4.74. The van der Waals surface area contributed by atoms with Crippen LogP contribution in [0.1, 0.15) is 10.4 Å². The summed E-state index contributed by atoms with van der Waals surface area (Å²) in [4.78, 5) is 43.8. The van der Waals surface area contributed by atoms with Crippen LogP contribution in [0.3, 0.4) is 0 Å². The van der Waals surface area contributed by atoms with Crippen LogP contribution < -0.4 is 5.32 Å². The number of anilines is 1. The molecule has 0 aliphatic carbocycles. The fourth-order valence-electron chi connectivity index (χ4n) is 1.91. The van der Waals surface area contributed by atoms with Gasteiger partial charge in [-0.3, -0.25) is 25.0 Å². The van der Waals surface area contributed by atoms with Crippen molar-refractivity contribution in [2.45, 2.75) is 0 Å². The molecule has 0 aliphatic rings. The largest absolute Gasteiger partial charge is 0.452 e. The van der Waals surface area contributed by atoms with Crippen LogP contribution in [-0.4, -0.2) is 28.3 Å². The van der Waals surface area contributed by atoms with Crippen molar-refractivity contribution in [3.63, 3.8) is 0 Å². The molecule has 128 valence electrons. The minimum absolute atomic E-state index is 0.154. The van der Waals surface area contributed by atoms with E-state index in [1.807, 2.05) is 0 Å². The normalized spacial score (nSPS) is 9.92. The van der Waals surface area contributed by atoms with E-state index in [1.165, 1.54) is 36.4 Å². The van der Waals surface area contributed by atoms with Gasteiger partial charge in [0.2, 0.25) is 0 Å². The van der Waals surface area contributed by atoms with Gasteiger partial charge in [-0.05, 0) is 12.1 Å². The minimum Gasteiger partial charge on any atom is -0.452 e. The number of nitrogens with zero attached hydrogens (tertiary/aromatic N) is 2. The second-order valence-electron chi connectivity index (χ2n) is 4.71. The van der Waals surface area contributed by atoms with Crippen LogP contribution in [0.4, 0.5) is 17.1 Å². The Morgan fingerprint density at radius 2 is 1.72 bits per heavy atom. The lowest BCUT2D eigenvalue weighted by Crippen LogP contribution is -2.21. The van der Waals surface area contributed by atoms with E-state index >= 15 is 0 Å². The summed E-state index contributed by atoms with van der Waals surface area (Å²) in [5.41, 5.74) is -0.780. The number of esters is 1. The highest BCUT2D eigenvalue weighted by molar-refractivity contribution is 5.97. The van der Waals surface area contributed by atoms with Crippen LogP contribution in [0, 0.1) is 20.2 Å². The molecule has 0 heterocycles. The first kappa shape index (κ1) is 17.5. The van der Waals surface area contributed by atoms with E-state index in [0.717, 1.165) is 12.1 Å². The van der Waals surface area contributed by atoms with Crippen LogP contribution in [0.15, 0.2) is 48.5 Å². The number of nitrogens with one attached hydrogen (secondary N) is 1. The molecule has 0 atom stereocenters. The fraction of sp³-hybridized carbons (Fsp3) is 0.0667. The van der Waals surface area contributed by atoms with Gasteiger partial charge in [0.05, 0.1) is 9.85 Å². The number of amides is 1. The molecular formula is C15H11N3O7. The molecular weight excluding hydrogens is 334 g/mol. The molecule has 0 aromatic heterocycles. The Labute approximate surface area is 140 Å². The quantitative estimate of drug-likeness (QED) is 0.481. The second kappa shape index (κ2) is 7.64. The predicted octanol–water partition coefficient (Wildman–Crippen LogP) is 2.30. The molecule has 1 amide bonds. The first-order valence-electron chi connectivity index (χ1n) is 6.83. The van der Waals surface area contributed by atoms with Crippen molar-refractivity contribution in [2.24, 2.45) is 0 Å². The number of non-ortho nitro benzene ring substituents is 1. The monoisotopic (exact) mass is 345 g/mol. The molecule has 25 heavy (non-hydrogen) atoms. The average Bonchev–Trinajstić information content (AvgIpc) is 2.59. The van der Waals surface area contributed by atoms with Crippen molar-refractivity contribution in [1.29, 1.82) is 0 Å². The minimum atomic E-state index is -1.03. The van der Waals surface area contributed by atoms with E-state index in [9.17, 15) is 29.8 Å². The maximum absolute atomic E-state index is 11.9. The number of ether oxygens (including phenoxy) is 1. The molecule has 10 nitrogen and oxygen atoms in total. The molecule has 0 aliphatic heterocycles. The maximum atomic E-state index is 11.9. The van der Waals surface area contributed by atoms with E-state index in [4.69, 9.17) is 4.74 Å². The number of hydrogen-bond donors (Lipinski definition) is 1. The highest BCUT2D eigenvalue weighted by atomic mass is 16.6. The SMILES string of the molecule is O=C(COC(=O)c1ccccc1[N+](=O)[O-])Nc1cccc([N+](=O)[O-])c1. The lowest BCUT2D eigenvalue weighted by molar-refractivity contribution is -0.385. The van der Waals surface area contributed by atoms with Crippen LogP contribution in [-0.2, 0) is 9.53 Å². The molecule has 2 rings (SSSR count). The van der Waals surface area contributed by atoms with E-state index in [0.29, 0.717) is 0 Å². The standard InChI is InChI=1S/C15H11N3O7/c19-14(16-10-4-3-5-11(8-10)17(21)22)9-25-15(20)12-6-1-2-7-13(12)18(23)24/h1-8H,9H2,(H,16,19). The smallest absolute Gasteiger partial charge is 0.345 e. The van der Waals surface area contributed by atoms with Crippen LogP contribution in [0.5, 0.6) is 0 Å². The Morgan fingerprint density at radius 1 is 1.00 bits per heavy atom. The number of rotatable bonds is 6. The molecule has 0 bridgehead atoms. The molecule has 10 heteroatoms. The highest BCUT2D eigenvalue weighted by Gasteiger charge is 2.21. The zero-order valence-electron chi connectivity index (χ0n) is 12.6. The van der Waals surface area contributed by atoms with E-state index in [1.54, 1.807) is 0 Å². The lowest BCUT2D eigenvalue weighted by Gasteiger charge is -2.07. The van der Waals surface area contributed by atoms with Gasteiger partial charge >= 0.3 is 5.97 Å². The van der Waals surface area contributed by atoms with Crippen LogP contribution in [0.2, 0.25) is 0 Å². The first-order chi connectivity index (χ1) is 11.9. The zero-order valence-corrected chi connectivity index (χ0v) is 12.6. The molecule has 0 radical (unpaired) electrons. The fourth-order valence-corrected chi connectivity index (χ4v) is 1.91. The Morgan fingerprint density at radius 3 is 2.40 bits per heavy atom. The van der Waals surface area contributed by atoms with Crippen molar-refractivity contribution >= 4 is 28.9 Å². The summed E-state index contributed by atoms with van der Waals surface area (Å²) >= 11 is 0. The van der Waals surface area contributed by atoms with Crippen LogP contribution in [0.25, 0.3) is 0 Å². The van der Waals surface area contributed by atoms with Gasteiger partial charge in [-0.1, -0.05) is 18.2 Å². The van der Waals surface area contributed by atoms with E-state index in [-0.39, 0.29) is 16.9 Å². The maximum Gasteiger partial charge on any atom is 0.345 e. The topological polar surface area (TPSA) is 142 Å². The Kier molecular flexibility index (Phi) is 5.36. The van der Waals surface area contributed by atoms with E-state index < -0.39 is 34.0 Å². The van der Waals surface area contributed by atoms with Gasteiger partial charge in [0.25, 0.3) is 17.3 Å². The highest BCUT2D eigenvalue weighted by Crippen LogP contribution is 2.19. The number of carbonyl (C=O) groups excluding carboxylic acids is 2. The van der Waals surface area contributed by atoms with E-state index in [2.05, 4.69) is 5.32 Å². The number of nitro groups is 2. The lowest BCUT2D eigenvalue weighted by atomic mass is 10.2. The van der Waals surface area contributed by atoms with Gasteiger partial charge in [0.1, 0.15) is 5.56 Å². The second-order valence-corrected chi connectivity index (χ2v) is 4.71. The van der Waals surface area contributed by atoms with Crippen molar-refractivity contribution < 1.29 is 24.2 Å². The summed E-state index contributed by atoms with van der Waals surface area (Å²) in [6, 6.07) is 10.4. The number of nitro benzene ring substituents is 2. The third-order valence-electron chi connectivity index (χ3n) is 3.00. The Balaban J connectivity index is 1.98. The van der Waals surface area contributed by atoms with Crippen molar-refractivity contribution in [1.82, 2.24) is 0 Å². The molecule has 0 spiro atoms.